The summed E-state index contributed by atoms with van der Waals surface area (Å²) < 4.78 is 25.0. The van der Waals surface area contributed by atoms with Crippen molar-refractivity contribution in [1.82, 2.24) is 10.3 Å². The van der Waals surface area contributed by atoms with E-state index < -0.39 is 25.0 Å². The van der Waals surface area contributed by atoms with E-state index in [1.54, 1.807) is 0 Å². The maximum atomic E-state index is 12.5. The van der Waals surface area contributed by atoms with Gasteiger partial charge in [0.2, 0.25) is 0 Å². The van der Waals surface area contributed by atoms with Gasteiger partial charge in [0.1, 0.15) is 11.5 Å². The molecule has 0 aliphatic carbocycles. The molecule has 4 nitrogen and oxygen atoms in total. The second-order valence-corrected chi connectivity index (χ2v) is 3.45. The van der Waals surface area contributed by atoms with Crippen LogP contribution in [0.5, 0.6) is 0 Å². The van der Waals surface area contributed by atoms with Crippen LogP contribution in [0.25, 0.3) is 0 Å². The van der Waals surface area contributed by atoms with Gasteiger partial charge >= 0.3 is 0 Å². The highest BCUT2D eigenvalue weighted by atomic mass is 32.1. The molecule has 0 radical (unpaired) electrons. The first-order valence-corrected chi connectivity index (χ1v) is 4.58. The van der Waals surface area contributed by atoms with Crippen LogP contribution in [0.1, 0.15) is 9.67 Å². The molecule has 0 saturated heterocycles. The van der Waals surface area contributed by atoms with E-state index >= 15 is 0 Å². The number of rotatable bonds is 4. The molecule has 78 valence electrons. The molecule has 2 N–H and O–H groups in total. The Morgan fingerprint density at radius 2 is 2.43 bits per heavy atom. The lowest BCUT2D eigenvalue weighted by Crippen LogP contribution is -2.38. The largest absolute Gasteiger partial charge is 0.390 e. The van der Waals surface area contributed by atoms with Crippen molar-refractivity contribution in [2.24, 2.45) is 0 Å². The van der Waals surface area contributed by atoms with Gasteiger partial charge in [-0.1, -0.05) is 0 Å². The van der Waals surface area contributed by atoms with Crippen LogP contribution < -0.4 is 5.32 Å². The summed E-state index contributed by atoms with van der Waals surface area (Å²) in [6, 6.07) is 0. The van der Waals surface area contributed by atoms with Gasteiger partial charge in [0, 0.05) is 0 Å². The summed E-state index contributed by atoms with van der Waals surface area (Å²) in [5.74, 6) is -3.89. The van der Waals surface area contributed by atoms with E-state index in [9.17, 15) is 13.6 Å². The molecule has 0 saturated carbocycles. The summed E-state index contributed by atoms with van der Waals surface area (Å²) in [6.45, 7) is -2.16. The predicted molar refractivity (Wildman–Crippen MR) is 46.5 cm³/mol. The molecule has 0 bridgehead atoms. The number of nitrogens with zero attached hydrogens (tertiary/aromatic N) is 1. The number of amides is 1. The normalized spacial score (nSPS) is 11.4. The van der Waals surface area contributed by atoms with Crippen molar-refractivity contribution in [1.29, 1.82) is 0 Å². The number of thiazole rings is 1. The maximum absolute atomic E-state index is 12.5. The number of carbonyl (C=O) groups excluding carboxylic acids is 1. The molecule has 1 heterocycles. The predicted octanol–water partition coefficient (Wildman–Crippen LogP) is 0.500. The van der Waals surface area contributed by atoms with Crippen LogP contribution in [0, 0.1) is 0 Å². The molecule has 0 aliphatic heterocycles. The lowest BCUT2D eigenvalue weighted by atomic mass is 10.3. The van der Waals surface area contributed by atoms with E-state index in [0.717, 1.165) is 11.3 Å². The summed E-state index contributed by atoms with van der Waals surface area (Å²) in [6.07, 6.45) is 1.29. The van der Waals surface area contributed by atoms with E-state index in [1.165, 1.54) is 11.7 Å². The van der Waals surface area contributed by atoms with Gasteiger partial charge in [0.25, 0.3) is 11.8 Å². The molecule has 0 unspecified atom stereocenters. The van der Waals surface area contributed by atoms with E-state index in [0.29, 0.717) is 0 Å². The fourth-order valence-corrected chi connectivity index (χ4v) is 1.22. The first kappa shape index (κ1) is 11.0. The van der Waals surface area contributed by atoms with Gasteiger partial charge in [0.05, 0.1) is 18.3 Å². The smallest absolute Gasteiger partial charge is 0.287 e. The Hall–Kier alpha value is -1.08. The minimum absolute atomic E-state index is 0.263. The molecule has 0 aliphatic rings. The van der Waals surface area contributed by atoms with Crippen LogP contribution in [0.4, 0.5) is 8.78 Å². The molecule has 0 spiro atoms. The van der Waals surface area contributed by atoms with Gasteiger partial charge in [-0.25, -0.2) is 8.78 Å². The number of aliphatic hydroxyl groups is 1. The second-order valence-electron chi connectivity index (χ2n) is 2.56. The molecule has 0 atom stereocenters. The number of aromatic nitrogens is 1. The monoisotopic (exact) mass is 222 g/mol. The summed E-state index contributed by atoms with van der Waals surface area (Å²) in [4.78, 5) is 15.0. The highest BCUT2D eigenvalue weighted by molar-refractivity contribution is 7.11. The van der Waals surface area contributed by atoms with Crippen molar-refractivity contribution in [2.45, 2.75) is 5.92 Å². The molecule has 7 heteroatoms. The molecular weight excluding hydrogens is 214 g/mol. The van der Waals surface area contributed by atoms with E-state index in [1.807, 2.05) is 5.32 Å². The van der Waals surface area contributed by atoms with E-state index in [4.69, 9.17) is 5.11 Å². The van der Waals surface area contributed by atoms with Crippen molar-refractivity contribution in [3.63, 3.8) is 0 Å². The van der Waals surface area contributed by atoms with Gasteiger partial charge in [0.15, 0.2) is 0 Å². The topological polar surface area (TPSA) is 62.2 Å². The number of carbonyl (C=O) groups is 1. The van der Waals surface area contributed by atoms with Gasteiger partial charge < -0.3 is 10.4 Å². The molecule has 1 rings (SSSR count). The molecule has 1 aromatic rings. The number of aliphatic hydroxyl groups excluding tert-OH is 1. The Bertz CT molecular complexity index is 303. The number of hydrogen-bond donors (Lipinski definition) is 2. The van der Waals surface area contributed by atoms with Gasteiger partial charge in [-0.3, -0.25) is 9.78 Å². The lowest BCUT2D eigenvalue weighted by molar-refractivity contribution is -0.0461. The fourth-order valence-electron chi connectivity index (χ4n) is 0.681. The quantitative estimate of drug-likeness (QED) is 0.779. The third-order valence-corrected chi connectivity index (χ3v) is 2.17. The zero-order valence-electron chi connectivity index (χ0n) is 7.04. The van der Waals surface area contributed by atoms with Crippen LogP contribution in [-0.4, -0.2) is 35.1 Å². The highest BCUT2D eigenvalue weighted by Gasteiger charge is 2.28. The van der Waals surface area contributed by atoms with Crippen molar-refractivity contribution in [3.05, 3.63) is 16.6 Å². The van der Waals surface area contributed by atoms with Crippen molar-refractivity contribution in [3.8, 4) is 0 Å². The molecule has 0 aromatic carbocycles. The van der Waals surface area contributed by atoms with Gasteiger partial charge in [-0.05, 0) is 0 Å². The van der Waals surface area contributed by atoms with Crippen molar-refractivity contribution in [2.75, 3.05) is 13.2 Å². The number of halogens is 2. The lowest BCUT2D eigenvalue weighted by Gasteiger charge is -2.12. The SMILES string of the molecule is O=C(NCC(F)(F)CO)c1cncs1. The summed E-state index contributed by atoms with van der Waals surface area (Å²) in [5.41, 5.74) is 1.43. The van der Waals surface area contributed by atoms with Crippen LogP contribution in [-0.2, 0) is 0 Å². The molecule has 0 fully saturated rings. The minimum atomic E-state index is -3.28. The van der Waals surface area contributed by atoms with E-state index in [-0.39, 0.29) is 4.88 Å². The third-order valence-electron chi connectivity index (χ3n) is 1.40. The summed E-state index contributed by atoms with van der Waals surface area (Å²) >= 11 is 1.06. The Balaban J connectivity index is 2.43. The van der Waals surface area contributed by atoms with Gasteiger partial charge in [-0.2, -0.15) is 0 Å². The standard InChI is InChI=1S/C7H8F2N2O2S/c8-7(9,3-12)2-11-6(13)5-1-10-4-14-5/h1,4,12H,2-3H2,(H,11,13). The van der Waals surface area contributed by atoms with Crippen molar-refractivity contribution < 1.29 is 18.7 Å². The first-order chi connectivity index (χ1) is 6.55. The highest BCUT2D eigenvalue weighted by Crippen LogP contribution is 2.11. The zero-order valence-corrected chi connectivity index (χ0v) is 7.85. The fraction of sp³-hybridized carbons (Fsp3) is 0.429. The third kappa shape index (κ3) is 3.00. The Morgan fingerprint density at radius 1 is 1.71 bits per heavy atom. The van der Waals surface area contributed by atoms with Crippen LogP contribution in [0.3, 0.4) is 0 Å². The average Bonchev–Trinajstić information content (AvgIpc) is 2.67. The second kappa shape index (κ2) is 4.43. The van der Waals surface area contributed by atoms with Gasteiger partial charge in [-0.15, -0.1) is 11.3 Å². The first-order valence-electron chi connectivity index (χ1n) is 3.70. The molecule has 1 amide bonds. The number of nitrogens with one attached hydrogen (secondary N) is 1. The van der Waals surface area contributed by atoms with E-state index in [2.05, 4.69) is 4.98 Å². The maximum Gasteiger partial charge on any atom is 0.287 e. The van der Waals surface area contributed by atoms with Crippen LogP contribution in [0.2, 0.25) is 0 Å². The van der Waals surface area contributed by atoms with Crippen LogP contribution in [0.15, 0.2) is 11.7 Å². The zero-order chi connectivity index (χ0) is 10.6. The van der Waals surface area contributed by atoms with Crippen LogP contribution >= 0.6 is 11.3 Å². The molecular formula is C7H8F2N2O2S. The Labute approximate surface area is 82.6 Å². The summed E-state index contributed by atoms with van der Waals surface area (Å²) in [7, 11) is 0. The number of hydrogen-bond acceptors (Lipinski definition) is 4. The number of alkyl halides is 2. The average molecular weight is 222 g/mol. The van der Waals surface area contributed by atoms with Crippen molar-refractivity contribution >= 4 is 17.2 Å². The molecule has 1 aromatic heterocycles. The summed E-state index contributed by atoms with van der Waals surface area (Å²) in [5, 5.41) is 10.2. The molecule has 14 heavy (non-hydrogen) atoms. The Kier molecular flexibility index (Phi) is 3.48. The minimum Gasteiger partial charge on any atom is -0.390 e. The Morgan fingerprint density at radius 3 is 2.93 bits per heavy atom.